The fourth-order valence-corrected chi connectivity index (χ4v) is 1.65. The SMILES string of the molecule is CCN(CC)CCNCc1ccc(N)cc1. The highest BCUT2D eigenvalue weighted by atomic mass is 15.1. The predicted molar refractivity (Wildman–Crippen MR) is 70.3 cm³/mol. The minimum absolute atomic E-state index is 0.826. The molecule has 0 saturated heterocycles. The van der Waals surface area contributed by atoms with Crippen LogP contribution in [0.25, 0.3) is 0 Å². The molecule has 0 bridgehead atoms. The van der Waals surface area contributed by atoms with Crippen LogP contribution in [0.2, 0.25) is 0 Å². The van der Waals surface area contributed by atoms with Crippen LogP contribution in [0.4, 0.5) is 5.69 Å². The van der Waals surface area contributed by atoms with Gasteiger partial charge in [-0.05, 0) is 30.8 Å². The average Bonchev–Trinajstić information content (AvgIpc) is 2.32. The summed E-state index contributed by atoms with van der Waals surface area (Å²) in [6.07, 6.45) is 0. The van der Waals surface area contributed by atoms with Crippen LogP contribution in [0.3, 0.4) is 0 Å². The van der Waals surface area contributed by atoms with Crippen LogP contribution in [-0.2, 0) is 6.54 Å². The highest BCUT2D eigenvalue weighted by Crippen LogP contribution is 2.04. The summed E-state index contributed by atoms with van der Waals surface area (Å²) in [5.41, 5.74) is 7.74. The summed E-state index contributed by atoms with van der Waals surface area (Å²) in [5, 5.41) is 3.44. The molecule has 0 atom stereocenters. The largest absolute Gasteiger partial charge is 0.399 e. The van der Waals surface area contributed by atoms with Crippen molar-refractivity contribution in [2.24, 2.45) is 0 Å². The summed E-state index contributed by atoms with van der Waals surface area (Å²) >= 11 is 0. The smallest absolute Gasteiger partial charge is 0.0314 e. The van der Waals surface area contributed by atoms with E-state index in [1.54, 1.807) is 0 Å². The van der Waals surface area contributed by atoms with Gasteiger partial charge < -0.3 is 16.0 Å². The molecule has 1 aromatic carbocycles. The first-order valence-corrected chi connectivity index (χ1v) is 6.03. The number of anilines is 1. The molecule has 3 nitrogen and oxygen atoms in total. The summed E-state index contributed by atoms with van der Waals surface area (Å²) in [4.78, 5) is 2.41. The summed E-state index contributed by atoms with van der Waals surface area (Å²) in [5.74, 6) is 0. The lowest BCUT2D eigenvalue weighted by atomic mass is 10.2. The second-order valence-electron chi connectivity index (χ2n) is 3.95. The van der Waals surface area contributed by atoms with Crippen LogP contribution in [0, 0.1) is 0 Å². The van der Waals surface area contributed by atoms with Gasteiger partial charge in [0.05, 0.1) is 0 Å². The van der Waals surface area contributed by atoms with Crippen molar-refractivity contribution in [3.8, 4) is 0 Å². The zero-order valence-corrected chi connectivity index (χ0v) is 10.4. The van der Waals surface area contributed by atoms with Crippen LogP contribution in [0.15, 0.2) is 24.3 Å². The number of nitrogens with two attached hydrogens (primary N) is 1. The van der Waals surface area contributed by atoms with E-state index in [9.17, 15) is 0 Å². The molecule has 0 spiro atoms. The summed E-state index contributed by atoms with van der Waals surface area (Å²) < 4.78 is 0. The van der Waals surface area contributed by atoms with E-state index in [0.29, 0.717) is 0 Å². The normalized spacial score (nSPS) is 10.9. The van der Waals surface area contributed by atoms with Gasteiger partial charge in [0.2, 0.25) is 0 Å². The molecule has 0 aromatic heterocycles. The van der Waals surface area contributed by atoms with Gasteiger partial charge in [-0.2, -0.15) is 0 Å². The van der Waals surface area contributed by atoms with E-state index in [0.717, 1.165) is 38.4 Å². The Kier molecular flexibility index (Phi) is 5.90. The first kappa shape index (κ1) is 13.0. The van der Waals surface area contributed by atoms with E-state index in [1.165, 1.54) is 5.56 Å². The van der Waals surface area contributed by atoms with Crippen molar-refractivity contribution in [2.45, 2.75) is 20.4 Å². The second kappa shape index (κ2) is 7.25. The van der Waals surface area contributed by atoms with Crippen molar-refractivity contribution in [3.63, 3.8) is 0 Å². The van der Waals surface area contributed by atoms with E-state index in [-0.39, 0.29) is 0 Å². The number of nitrogen functional groups attached to an aromatic ring is 1. The summed E-state index contributed by atoms with van der Waals surface area (Å²) in [6.45, 7) is 9.71. The number of nitrogens with one attached hydrogen (secondary N) is 1. The number of benzene rings is 1. The Morgan fingerprint density at radius 1 is 1.12 bits per heavy atom. The number of rotatable bonds is 7. The van der Waals surface area contributed by atoms with E-state index in [4.69, 9.17) is 5.73 Å². The number of hydrogen-bond donors (Lipinski definition) is 2. The van der Waals surface area contributed by atoms with E-state index < -0.39 is 0 Å². The Hall–Kier alpha value is -1.06. The lowest BCUT2D eigenvalue weighted by Crippen LogP contribution is -2.31. The summed E-state index contributed by atoms with van der Waals surface area (Å²) in [7, 11) is 0. The fraction of sp³-hybridized carbons (Fsp3) is 0.538. The molecule has 0 heterocycles. The first-order chi connectivity index (χ1) is 7.76. The molecule has 0 aliphatic heterocycles. The Morgan fingerprint density at radius 3 is 2.31 bits per heavy atom. The Balaban J connectivity index is 2.18. The topological polar surface area (TPSA) is 41.3 Å². The van der Waals surface area contributed by atoms with Crippen molar-refractivity contribution in [1.29, 1.82) is 0 Å². The van der Waals surface area contributed by atoms with E-state index in [1.807, 2.05) is 12.1 Å². The van der Waals surface area contributed by atoms with Crippen LogP contribution < -0.4 is 11.1 Å². The lowest BCUT2D eigenvalue weighted by Gasteiger charge is -2.17. The maximum absolute atomic E-state index is 5.63. The predicted octanol–water partition coefficient (Wildman–Crippen LogP) is 1.70. The quantitative estimate of drug-likeness (QED) is 0.544. The minimum atomic E-state index is 0.826. The lowest BCUT2D eigenvalue weighted by molar-refractivity contribution is 0.302. The third kappa shape index (κ3) is 4.64. The third-order valence-electron chi connectivity index (χ3n) is 2.81. The Morgan fingerprint density at radius 2 is 1.75 bits per heavy atom. The monoisotopic (exact) mass is 221 g/mol. The van der Waals surface area contributed by atoms with Crippen LogP contribution >= 0.6 is 0 Å². The Bertz CT molecular complexity index is 278. The molecule has 3 N–H and O–H groups in total. The van der Waals surface area contributed by atoms with Crippen LogP contribution in [0.1, 0.15) is 19.4 Å². The highest BCUT2D eigenvalue weighted by Gasteiger charge is 1.97. The zero-order valence-electron chi connectivity index (χ0n) is 10.4. The molecule has 1 rings (SSSR count). The molecule has 0 fully saturated rings. The van der Waals surface area contributed by atoms with Crippen molar-refractivity contribution >= 4 is 5.69 Å². The van der Waals surface area contributed by atoms with E-state index >= 15 is 0 Å². The maximum Gasteiger partial charge on any atom is 0.0314 e. The molecule has 0 radical (unpaired) electrons. The van der Waals surface area contributed by atoms with Gasteiger partial charge in [-0.1, -0.05) is 26.0 Å². The summed E-state index contributed by atoms with van der Waals surface area (Å²) in [6, 6.07) is 8.03. The molecular weight excluding hydrogens is 198 g/mol. The molecule has 0 amide bonds. The maximum atomic E-state index is 5.63. The van der Waals surface area contributed by atoms with Crippen LogP contribution in [0.5, 0.6) is 0 Å². The number of likely N-dealkylation sites (N-methyl/N-ethyl adjacent to an activating group) is 1. The molecule has 0 aliphatic carbocycles. The van der Waals surface area contributed by atoms with Gasteiger partial charge in [0, 0.05) is 25.3 Å². The number of nitrogens with zero attached hydrogens (tertiary/aromatic N) is 1. The van der Waals surface area contributed by atoms with Crippen molar-refractivity contribution < 1.29 is 0 Å². The average molecular weight is 221 g/mol. The van der Waals surface area contributed by atoms with Gasteiger partial charge in [0.15, 0.2) is 0 Å². The molecule has 1 aromatic rings. The first-order valence-electron chi connectivity index (χ1n) is 6.03. The van der Waals surface area contributed by atoms with Gasteiger partial charge in [-0.25, -0.2) is 0 Å². The standard InChI is InChI=1S/C13H23N3/c1-3-16(4-2)10-9-15-11-12-5-7-13(14)8-6-12/h5-8,15H,3-4,9-11,14H2,1-2H3. The molecule has 3 heteroatoms. The highest BCUT2D eigenvalue weighted by molar-refractivity contribution is 5.39. The van der Waals surface area contributed by atoms with Gasteiger partial charge in [0.1, 0.15) is 0 Å². The van der Waals surface area contributed by atoms with Crippen molar-refractivity contribution in [2.75, 3.05) is 31.9 Å². The zero-order chi connectivity index (χ0) is 11.8. The molecule has 0 aliphatic rings. The van der Waals surface area contributed by atoms with Crippen molar-refractivity contribution in [3.05, 3.63) is 29.8 Å². The fourth-order valence-electron chi connectivity index (χ4n) is 1.65. The molecule has 0 unspecified atom stereocenters. The molecule has 90 valence electrons. The minimum Gasteiger partial charge on any atom is -0.399 e. The third-order valence-corrected chi connectivity index (χ3v) is 2.81. The van der Waals surface area contributed by atoms with Gasteiger partial charge in [-0.3, -0.25) is 0 Å². The second-order valence-corrected chi connectivity index (χ2v) is 3.95. The van der Waals surface area contributed by atoms with Gasteiger partial charge in [-0.15, -0.1) is 0 Å². The Labute approximate surface area is 98.6 Å². The van der Waals surface area contributed by atoms with Crippen molar-refractivity contribution in [1.82, 2.24) is 10.2 Å². The molecule has 16 heavy (non-hydrogen) atoms. The molecule has 0 saturated carbocycles. The van der Waals surface area contributed by atoms with Crippen LogP contribution in [-0.4, -0.2) is 31.1 Å². The molecular formula is C13H23N3. The van der Waals surface area contributed by atoms with Gasteiger partial charge >= 0.3 is 0 Å². The van der Waals surface area contributed by atoms with E-state index in [2.05, 4.69) is 36.2 Å². The number of hydrogen-bond acceptors (Lipinski definition) is 3. The van der Waals surface area contributed by atoms with Gasteiger partial charge in [0.25, 0.3) is 0 Å².